The van der Waals surface area contributed by atoms with Gasteiger partial charge in [0.15, 0.2) is 5.82 Å². The minimum atomic E-state index is 0.622. The van der Waals surface area contributed by atoms with Crippen LogP contribution >= 0.6 is 0 Å². The molecule has 1 N–H and O–H groups in total. The van der Waals surface area contributed by atoms with E-state index in [1.165, 1.54) is 0 Å². The summed E-state index contributed by atoms with van der Waals surface area (Å²) < 4.78 is 10.2. The molecule has 1 aromatic rings. The molecule has 0 radical (unpaired) electrons. The van der Waals surface area contributed by atoms with E-state index in [1.54, 1.807) is 6.92 Å². The van der Waals surface area contributed by atoms with Crippen molar-refractivity contribution in [2.24, 2.45) is 0 Å². The van der Waals surface area contributed by atoms with Crippen LogP contribution in [0.5, 0.6) is 0 Å². The zero-order valence-corrected chi connectivity index (χ0v) is 9.45. The van der Waals surface area contributed by atoms with Crippen LogP contribution in [0.25, 0.3) is 0 Å². The minimum Gasteiger partial charge on any atom is -0.380 e. The highest BCUT2D eigenvalue weighted by Gasteiger charge is 2.00. The summed E-state index contributed by atoms with van der Waals surface area (Å²) in [6.45, 7) is 7.23. The van der Waals surface area contributed by atoms with E-state index >= 15 is 0 Å². The van der Waals surface area contributed by atoms with Gasteiger partial charge >= 0.3 is 0 Å². The summed E-state index contributed by atoms with van der Waals surface area (Å²) in [4.78, 5) is 4.11. The molecule has 0 spiro atoms. The molecule has 0 unspecified atom stereocenters. The minimum absolute atomic E-state index is 0.622. The molecule has 0 saturated heterocycles. The van der Waals surface area contributed by atoms with Gasteiger partial charge in [0, 0.05) is 33.0 Å². The van der Waals surface area contributed by atoms with E-state index in [2.05, 4.69) is 22.4 Å². The first-order chi connectivity index (χ1) is 7.33. The van der Waals surface area contributed by atoms with Gasteiger partial charge in [-0.1, -0.05) is 12.1 Å². The molecular formula is C10H19N3O2. The summed E-state index contributed by atoms with van der Waals surface area (Å²) in [6.07, 6.45) is 1.87. The largest absolute Gasteiger partial charge is 0.380 e. The van der Waals surface area contributed by atoms with Crippen molar-refractivity contribution in [3.63, 3.8) is 0 Å². The summed E-state index contributed by atoms with van der Waals surface area (Å²) in [7, 11) is 0. The molecule has 1 heterocycles. The molecule has 1 aromatic heterocycles. The Morgan fingerprint density at radius 3 is 2.87 bits per heavy atom. The van der Waals surface area contributed by atoms with Crippen molar-refractivity contribution < 1.29 is 9.26 Å². The number of hydrogen-bond acceptors (Lipinski definition) is 5. The molecule has 0 aliphatic heterocycles. The molecule has 0 amide bonds. The van der Waals surface area contributed by atoms with Gasteiger partial charge in [0.2, 0.25) is 5.89 Å². The predicted molar refractivity (Wildman–Crippen MR) is 56.7 cm³/mol. The van der Waals surface area contributed by atoms with Crippen LogP contribution in [-0.4, -0.2) is 36.4 Å². The molecule has 15 heavy (non-hydrogen) atoms. The molecular weight excluding hydrogens is 194 g/mol. The zero-order chi connectivity index (χ0) is 10.9. The third kappa shape index (κ3) is 5.49. The van der Waals surface area contributed by atoms with Gasteiger partial charge in [-0.05, 0) is 6.42 Å². The molecule has 86 valence electrons. The second-order valence-corrected chi connectivity index (χ2v) is 3.34. The molecule has 0 aliphatic rings. The molecule has 0 atom stereocenters. The normalized spacial score (nSPS) is 10.8. The van der Waals surface area contributed by atoms with Gasteiger partial charge in [0.1, 0.15) is 0 Å². The van der Waals surface area contributed by atoms with Crippen molar-refractivity contribution >= 4 is 0 Å². The number of aromatic nitrogens is 2. The first kappa shape index (κ1) is 12.1. The van der Waals surface area contributed by atoms with Crippen LogP contribution in [0.4, 0.5) is 0 Å². The Hall–Kier alpha value is -0.940. The third-order valence-electron chi connectivity index (χ3n) is 1.87. The van der Waals surface area contributed by atoms with Crippen molar-refractivity contribution in [3.8, 4) is 0 Å². The quantitative estimate of drug-likeness (QED) is 0.651. The molecule has 0 aliphatic carbocycles. The van der Waals surface area contributed by atoms with Gasteiger partial charge < -0.3 is 14.6 Å². The maximum absolute atomic E-state index is 5.33. The maximum atomic E-state index is 5.33. The summed E-state index contributed by atoms with van der Waals surface area (Å²) in [6, 6.07) is 0. The Labute approximate surface area is 90.2 Å². The smallest absolute Gasteiger partial charge is 0.223 e. The Morgan fingerprint density at radius 2 is 2.20 bits per heavy atom. The van der Waals surface area contributed by atoms with E-state index in [9.17, 15) is 0 Å². The monoisotopic (exact) mass is 213 g/mol. The fourth-order valence-corrected chi connectivity index (χ4v) is 1.16. The Morgan fingerprint density at radius 1 is 1.33 bits per heavy atom. The first-order valence-electron chi connectivity index (χ1n) is 5.40. The Balaban J connectivity index is 1.93. The molecule has 0 aromatic carbocycles. The van der Waals surface area contributed by atoms with Gasteiger partial charge in [0.25, 0.3) is 0 Å². The van der Waals surface area contributed by atoms with Crippen LogP contribution in [0.1, 0.15) is 25.1 Å². The fourth-order valence-electron chi connectivity index (χ4n) is 1.16. The lowest BCUT2D eigenvalue weighted by molar-refractivity contribution is 0.136. The lowest BCUT2D eigenvalue weighted by Crippen LogP contribution is -2.22. The summed E-state index contributed by atoms with van der Waals surface area (Å²) >= 11 is 0. The molecule has 5 nitrogen and oxygen atoms in total. The number of ether oxygens (including phenoxy) is 1. The number of hydrogen-bond donors (Lipinski definition) is 1. The van der Waals surface area contributed by atoms with Crippen LogP contribution in [0.2, 0.25) is 0 Å². The third-order valence-corrected chi connectivity index (χ3v) is 1.87. The van der Waals surface area contributed by atoms with Crippen LogP contribution < -0.4 is 5.32 Å². The lowest BCUT2D eigenvalue weighted by Gasteiger charge is -2.03. The van der Waals surface area contributed by atoms with Crippen molar-refractivity contribution in [1.29, 1.82) is 0 Å². The van der Waals surface area contributed by atoms with Crippen LogP contribution in [0.3, 0.4) is 0 Å². The Bertz CT molecular complexity index is 263. The summed E-state index contributed by atoms with van der Waals surface area (Å²) in [5, 5.41) is 7.06. The van der Waals surface area contributed by atoms with E-state index in [4.69, 9.17) is 9.26 Å². The lowest BCUT2D eigenvalue weighted by atomic mass is 10.4. The second kappa shape index (κ2) is 7.36. The van der Waals surface area contributed by atoms with Gasteiger partial charge in [-0.3, -0.25) is 0 Å². The van der Waals surface area contributed by atoms with E-state index in [-0.39, 0.29) is 0 Å². The molecule has 0 fully saturated rings. The van der Waals surface area contributed by atoms with E-state index in [0.29, 0.717) is 5.89 Å². The van der Waals surface area contributed by atoms with Crippen molar-refractivity contribution in [2.75, 3.05) is 26.3 Å². The predicted octanol–water partition coefficient (Wildman–Crippen LogP) is 0.937. The number of nitrogens with one attached hydrogen (secondary N) is 1. The number of nitrogens with zero attached hydrogens (tertiary/aromatic N) is 2. The molecule has 5 heteroatoms. The van der Waals surface area contributed by atoms with Gasteiger partial charge in [0.05, 0.1) is 6.61 Å². The standard InChI is InChI=1S/C10H19N3O2/c1-3-7-14-8-6-11-5-4-10-12-9(2)15-13-10/h11H,3-8H2,1-2H3. The number of aryl methyl sites for hydroxylation is 1. The van der Waals surface area contributed by atoms with Crippen molar-refractivity contribution in [2.45, 2.75) is 26.7 Å². The van der Waals surface area contributed by atoms with Gasteiger partial charge in [-0.25, -0.2) is 0 Å². The van der Waals surface area contributed by atoms with Crippen LogP contribution in [0.15, 0.2) is 4.52 Å². The SMILES string of the molecule is CCCOCCNCCc1noc(C)n1. The molecule has 0 saturated carbocycles. The molecule has 1 rings (SSSR count). The summed E-state index contributed by atoms with van der Waals surface area (Å²) in [5.41, 5.74) is 0. The first-order valence-corrected chi connectivity index (χ1v) is 5.40. The highest BCUT2D eigenvalue weighted by molar-refractivity contribution is 4.84. The van der Waals surface area contributed by atoms with E-state index < -0.39 is 0 Å². The van der Waals surface area contributed by atoms with Crippen LogP contribution in [0, 0.1) is 6.92 Å². The Kier molecular flexibility index (Phi) is 5.96. The van der Waals surface area contributed by atoms with E-state index in [0.717, 1.165) is 45.0 Å². The zero-order valence-electron chi connectivity index (χ0n) is 9.45. The van der Waals surface area contributed by atoms with Crippen LogP contribution in [-0.2, 0) is 11.2 Å². The topological polar surface area (TPSA) is 60.2 Å². The fraction of sp³-hybridized carbons (Fsp3) is 0.800. The summed E-state index contributed by atoms with van der Waals surface area (Å²) in [5.74, 6) is 1.38. The maximum Gasteiger partial charge on any atom is 0.223 e. The highest BCUT2D eigenvalue weighted by atomic mass is 16.5. The average molecular weight is 213 g/mol. The molecule has 0 bridgehead atoms. The highest BCUT2D eigenvalue weighted by Crippen LogP contribution is 1.94. The van der Waals surface area contributed by atoms with E-state index in [1.807, 2.05) is 0 Å². The van der Waals surface area contributed by atoms with Crippen molar-refractivity contribution in [1.82, 2.24) is 15.5 Å². The van der Waals surface area contributed by atoms with Crippen molar-refractivity contribution in [3.05, 3.63) is 11.7 Å². The average Bonchev–Trinajstić information content (AvgIpc) is 2.63. The second-order valence-electron chi connectivity index (χ2n) is 3.34. The van der Waals surface area contributed by atoms with Gasteiger partial charge in [-0.2, -0.15) is 4.98 Å². The van der Waals surface area contributed by atoms with Gasteiger partial charge in [-0.15, -0.1) is 0 Å². The number of rotatable bonds is 8.